The molecule has 0 saturated carbocycles. The Hall–Kier alpha value is -2.20. The van der Waals surface area contributed by atoms with Crippen molar-refractivity contribution in [1.29, 1.82) is 0 Å². The molecule has 182 valence electrons. The quantitative estimate of drug-likeness (QED) is 0.474. The molecule has 0 fully saturated rings. The predicted molar refractivity (Wildman–Crippen MR) is 123 cm³/mol. The van der Waals surface area contributed by atoms with Gasteiger partial charge in [-0.3, -0.25) is 4.79 Å². The number of nitrogens with one attached hydrogen (secondary N) is 1. The van der Waals surface area contributed by atoms with Crippen molar-refractivity contribution in [3.8, 4) is 0 Å². The van der Waals surface area contributed by atoms with E-state index >= 15 is 0 Å². The highest BCUT2D eigenvalue weighted by Crippen LogP contribution is 2.27. The van der Waals surface area contributed by atoms with Gasteiger partial charge in [0.05, 0.1) is 0 Å². The minimum atomic E-state index is -1.16. The molecule has 32 heavy (non-hydrogen) atoms. The number of hydrogen-bond donors (Lipinski definition) is 3. The van der Waals surface area contributed by atoms with Gasteiger partial charge >= 0.3 is 12.1 Å². The lowest BCUT2D eigenvalue weighted by atomic mass is 9.93. The number of aliphatic hydroxyl groups is 1. The van der Waals surface area contributed by atoms with Crippen LogP contribution >= 0.6 is 11.3 Å². The van der Waals surface area contributed by atoms with Gasteiger partial charge in [-0.25, -0.2) is 14.6 Å². The SMILES string of the molecule is CCC(C)C(NC(=O)OC(C)(C)C)C(=O)N(C)C(CC(O)c1nc(C(=O)O)cs1)C(C)C. The number of ether oxygens (including phenoxy) is 1. The lowest BCUT2D eigenvalue weighted by Gasteiger charge is -2.36. The highest BCUT2D eigenvalue weighted by atomic mass is 32.1. The number of alkyl carbamates (subject to hydrolysis) is 1. The zero-order chi connectivity index (χ0) is 24.8. The Bertz CT molecular complexity index is 789. The van der Waals surface area contributed by atoms with Crippen LogP contribution in [0, 0.1) is 11.8 Å². The van der Waals surface area contributed by atoms with Gasteiger partial charge in [0.15, 0.2) is 5.69 Å². The van der Waals surface area contributed by atoms with Gasteiger partial charge in [-0.05, 0) is 32.6 Å². The third kappa shape index (κ3) is 8.05. The molecule has 1 rings (SSSR count). The van der Waals surface area contributed by atoms with Gasteiger partial charge in [-0.1, -0.05) is 34.1 Å². The number of aromatic nitrogens is 1. The van der Waals surface area contributed by atoms with E-state index in [9.17, 15) is 19.5 Å². The van der Waals surface area contributed by atoms with E-state index in [1.165, 1.54) is 5.38 Å². The number of carbonyl (C=O) groups is 3. The Morgan fingerprint density at radius 1 is 1.25 bits per heavy atom. The zero-order valence-corrected chi connectivity index (χ0v) is 21.0. The minimum absolute atomic E-state index is 0.00313. The fourth-order valence-electron chi connectivity index (χ4n) is 3.25. The number of hydrogen-bond acceptors (Lipinski definition) is 7. The lowest BCUT2D eigenvalue weighted by molar-refractivity contribution is -0.137. The Balaban J connectivity index is 3.03. The number of carboxylic acid groups (broad SMARTS) is 1. The smallest absolute Gasteiger partial charge is 0.408 e. The van der Waals surface area contributed by atoms with E-state index in [4.69, 9.17) is 9.84 Å². The summed E-state index contributed by atoms with van der Waals surface area (Å²) in [5, 5.41) is 24.1. The predicted octanol–water partition coefficient (Wildman–Crippen LogP) is 3.69. The van der Waals surface area contributed by atoms with E-state index in [1.807, 2.05) is 27.7 Å². The maximum absolute atomic E-state index is 13.4. The molecule has 0 aromatic carbocycles. The molecule has 0 radical (unpaired) electrons. The maximum Gasteiger partial charge on any atom is 0.408 e. The van der Waals surface area contributed by atoms with Gasteiger partial charge in [-0.2, -0.15) is 0 Å². The normalized spacial score (nSPS) is 15.6. The molecule has 0 bridgehead atoms. The van der Waals surface area contributed by atoms with Crippen LogP contribution in [0.1, 0.15) is 82.9 Å². The van der Waals surface area contributed by atoms with E-state index in [2.05, 4.69) is 10.3 Å². The van der Waals surface area contributed by atoms with Gasteiger partial charge < -0.3 is 25.2 Å². The van der Waals surface area contributed by atoms with Crippen LogP contribution in [-0.2, 0) is 9.53 Å². The molecular formula is C22H37N3O6S. The van der Waals surface area contributed by atoms with Crippen LogP contribution in [0.3, 0.4) is 0 Å². The Morgan fingerprint density at radius 2 is 1.84 bits per heavy atom. The molecule has 9 nitrogen and oxygen atoms in total. The standard InChI is InChI=1S/C22H37N3O6S/c1-9-13(4)17(24-21(30)31-22(5,6)7)19(27)25(8)15(12(2)3)10-16(26)18-23-14(11-32-18)20(28)29/h11-13,15-17,26H,9-10H2,1-8H3,(H,24,30)(H,28,29). The van der Waals surface area contributed by atoms with Gasteiger partial charge in [0.1, 0.15) is 22.8 Å². The van der Waals surface area contributed by atoms with Crippen LogP contribution in [-0.4, -0.2) is 62.8 Å². The summed E-state index contributed by atoms with van der Waals surface area (Å²) in [5.41, 5.74) is -0.806. The molecule has 2 amide bonds. The third-order valence-electron chi connectivity index (χ3n) is 5.26. The molecule has 0 spiro atoms. The van der Waals surface area contributed by atoms with E-state index in [-0.39, 0.29) is 35.9 Å². The molecule has 4 atom stereocenters. The molecule has 3 N–H and O–H groups in total. The van der Waals surface area contributed by atoms with E-state index < -0.39 is 29.8 Å². The average molecular weight is 472 g/mol. The molecule has 1 heterocycles. The second-order valence-corrected chi connectivity index (χ2v) is 10.3. The first kappa shape index (κ1) is 27.8. The second kappa shape index (κ2) is 11.6. The molecule has 0 aliphatic heterocycles. The number of carboxylic acids is 1. The van der Waals surface area contributed by atoms with E-state index in [0.29, 0.717) is 11.4 Å². The molecular weight excluding hydrogens is 434 g/mol. The van der Waals surface area contributed by atoms with Crippen molar-refractivity contribution >= 4 is 29.3 Å². The lowest BCUT2D eigenvalue weighted by Crippen LogP contribution is -2.54. The summed E-state index contributed by atoms with van der Waals surface area (Å²) in [5.74, 6) is -1.57. The number of carbonyl (C=O) groups excluding carboxylic acids is 2. The molecule has 4 unspecified atom stereocenters. The van der Waals surface area contributed by atoms with Gasteiger partial charge in [0.25, 0.3) is 0 Å². The first-order chi connectivity index (χ1) is 14.7. The summed E-state index contributed by atoms with van der Waals surface area (Å²) in [6, 6.07) is -1.14. The van der Waals surface area contributed by atoms with Crippen molar-refractivity contribution in [2.75, 3.05) is 7.05 Å². The van der Waals surface area contributed by atoms with E-state index in [1.54, 1.807) is 32.7 Å². The number of aliphatic hydroxyl groups excluding tert-OH is 1. The maximum atomic E-state index is 13.4. The summed E-state index contributed by atoms with van der Waals surface area (Å²) in [6.45, 7) is 13.0. The average Bonchev–Trinajstić information content (AvgIpc) is 3.17. The van der Waals surface area contributed by atoms with E-state index in [0.717, 1.165) is 11.3 Å². The van der Waals surface area contributed by atoms with Crippen LogP contribution in [0.2, 0.25) is 0 Å². The van der Waals surface area contributed by atoms with Crippen LogP contribution in [0.15, 0.2) is 5.38 Å². The minimum Gasteiger partial charge on any atom is -0.476 e. The second-order valence-electron chi connectivity index (χ2n) is 9.40. The van der Waals surface area contributed by atoms with Crippen molar-refractivity contribution in [3.05, 3.63) is 16.1 Å². The van der Waals surface area contributed by atoms with Crippen LogP contribution < -0.4 is 5.32 Å². The molecule has 0 aliphatic rings. The summed E-state index contributed by atoms with van der Waals surface area (Å²) in [4.78, 5) is 42.3. The fraction of sp³-hybridized carbons (Fsp3) is 0.727. The van der Waals surface area contributed by atoms with Crippen molar-refractivity contribution in [3.63, 3.8) is 0 Å². The molecule has 0 saturated heterocycles. The largest absolute Gasteiger partial charge is 0.476 e. The van der Waals surface area contributed by atoms with Crippen molar-refractivity contribution in [1.82, 2.24) is 15.2 Å². The highest BCUT2D eigenvalue weighted by molar-refractivity contribution is 7.09. The summed E-state index contributed by atoms with van der Waals surface area (Å²) in [6.07, 6.45) is -0.815. The summed E-state index contributed by atoms with van der Waals surface area (Å²) in [7, 11) is 1.65. The molecule has 1 aromatic heterocycles. The van der Waals surface area contributed by atoms with Crippen molar-refractivity contribution in [2.24, 2.45) is 11.8 Å². The first-order valence-corrected chi connectivity index (χ1v) is 11.7. The number of aromatic carboxylic acids is 1. The molecule has 1 aromatic rings. The first-order valence-electron chi connectivity index (χ1n) is 10.8. The third-order valence-corrected chi connectivity index (χ3v) is 6.20. The number of thiazole rings is 1. The summed E-state index contributed by atoms with van der Waals surface area (Å²) >= 11 is 1.07. The Labute approximate surface area is 194 Å². The topological polar surface area (TPSA) is 129 Å². The Morgan fingerprint density at radius 3 is 2.28 bits per heavy atom. The summed E-state index contributed by atoms with van der Waals surface area (Å²) < 4.78 is 5.33. The monoisotopic (exact) mass is 471 g/mol. The highest BCUT2D eigenvalue weighted by Gasteiger charge is 2.35. The van der Waals surface area contributed by atoms with Gasteiger partial charge in [0, 0.05) is 24.9 Å². The number of nitrogens with zero attached hydrogens (tertiary/aromatic N) is 2. The van der Waals surface area contributed by atoms with Crippen LogP contribution in [0.5, 0.6) is 0 Å². The Kier molecular flexibility index (Phi) is 10.1. The molecule has 10 heteroatoms. The number of rotatable bonds is 10. The van der Waals surface area contributed by atoms with Gasteiger partial charge in [0.2, 0.25) is 5.91 Å². The molecule has 0 aliphatic carbocycles. The van der Waals surface area contributed by atoms with Crippen molar-refractivity contribution < 1.29 is 29.3 Å². The zero-order valence-electron chi connectivity index (χ0n) is 20.2. The van der Waals surface area contributed by atoms with Crippen LogP contribution in [0.25, 0.3) is 0 Å². The number of amides is 2. The number of likely N-dealkylation sites (N-methyl/N-ethyl adjacent to an activating group) is 1. The van der Waals surface area contributed by atoms with Crippen molar-refractivity contribution in [2.45, 2.75) is 85.1 Å². The van der Waals surface area contributed by atoms with Crippen LogP contribution in [0.4, 0.5) is 4.79 Å². The fourth-order valence-corrected chi connectivity index (χ4v) is 4.04. The van der Waals surface area contributed by atoms with Gasteiger partial charge in [-0.15, -0.1) is 11.3 Å².